The molecule has 20 heavy (non-hydrogen) atoms. The minimum absolute atomic E-state index is 0.0691. The van der Waals surface area contributed by atoms with Crippen LogP contribution in [0.15, 0.2) is 18.2 Å². The molecule has 0 aliphatic carbocycles. The Morgan fingerprint density at radius 3 is 2.65 bits per heavy atom. The van der Waals surface area contributed by atoms with Crippen LogP contribution >= 0.6 is 0 Å². The molecule has 5 heteroatoms. The van der Waals surface area contributed by atoms with Gasteiger partial charge in [-0.25, -0.2) is 0 Å². The molecule has 1 amide bonds. The Morgan fingerprint density at radius 2 is 2.15 bits per heavy atom. The molecule has 1 aliphatic rings. The molecule has 1 heterocycles. The Bertz CT molecular complexity index is 541. The molecular weight excluding hydrogens is 254 g/mol. The monoisotopic (exact) mass is 273 g/mol. The van der Waals surface area contributed by atoms with Crippen LogP contribution in [0.4, 0.5) is 5.69 Å². The maximum absolute atomic E-state index is 11.2. The van der Waals surface area contributed by atoms with E-state index in [2.05, 4.69) is 11.0 Å². The van der Waals surface area contributed by atoms with Gasteiger partial charge in [-0.3, -0.25) is 4.79 Å². The predicted molar refractivity (Wildman–Crippen MR) is 75.9 cm³/mol. The molecule has 1 aromatic rings. The number of aliphatic hydroxyl groups excluding tert-OH is 1. The zero-order chi connectivity index (χ0) is 14.7. The Kier molecular flexibility index (Phi) is 4.26. The third-order valence-electron chi connectivity index (χ3n) is 3.85. The predicted octanol–water partition coefficient (Wildman–Crippen LogP) is 1.31. The summed E-state index contributed by atoms with van der Waals surface area (Å²) in [5, 5.41) is 18.9. The smallest absolute Gasteiger partial charge is 0.220 e. The summed E-state index contributed by atoms with van der Waals surface area (Å²) in [4.78, 5) is 13.3. The standard InChI is InChI=1S/C15H19N3O2/c1-10(19)13-3-2-11(9-16)8-14(13)18-6-4-12(5-7-18)15(17)20/h2-3,8,10,12,19H,4-7H2,1H3,(H2,17,20). The molecule has 0 radical (unpaired) electrons. The number of amides is 1. The molecular formula is C15H19N3O2. The average molecular weight is 273 g/mol. The summed E-state index contributed by atoms with van der Waals surface area (Å²) in [7, 11) is 0. The summed E-state index contributed by atoms with van der Waals surface area (Å²) < 4.78 is 0. The largest absolute Gasteiger partial charge is 0.389 e. The summed E-state index contributed by atoms with van der Waals surface area (Å²) in [6, 6.07) is 7.42. The van der Waals surface area contributed by atoms with Gasteiger partial charge in [0.1, 0.15) is 0 Å². The third-order valence-corrected chi connectivity index (χ3v) is 3.85. The van der Waals surface area contributed by atoms with Crippen LogP contribution in [0, 0.1) is 17.2 Å². The van der Waals surface area contributed by atoms with Crippen molar-refractivity contribution < 1.29 is 9.90 Å². The van der Waals surface area contributed by atoms with Crippen molar-refractivity contribution in [3.63, 3.8) is 0 Å². The third kappa shape index (κ3) is 2.91. The van der Waals surface area contributed by atoms with Crippen molar-refractivity contribution >= 4 is 11.6 Å². The van der Waals surface area contributed by atoms with E-state index in [0.29, 0.717) is 31.5 Å². The van der Waals surface area contributed by atoms with Gasteiger partial charge in [0, 0.05) is 30.3 Å². The Morgan fingerprint density at radius 1 is 1.50 bits per heavy atom. The van der Waals surface area contributed by atoms with Gasteiger partial charge in [-0.15, -0.1) is 0 Å². The minimum atomic E-state index is -0.591. The minimum Gasteiger partial charge on any atom is -0.389 e. The van der Waals surface area contributed by atoms with Crippen molar-refractivity contribution in [1.29, 1.82) is 5.26 Å². The number of rotatable bonds is 3. The van der Waals surface area contributed by atoms with E-state index >= 15 is 0 Å². The molecule has 0 bridgehead atoms. The molecule has 1 aromatic carbocycles. The fourth-order valence-electron chi connectivity index (χ4n) is 2.65. The van der Waals surface area contributed by atoms with Crippen LogP contribution < -0.4 is 10.6 Å². The first-order valence-corrected chi connectivity index (χ1v) is 6.79. The Hall–Kier alpha value is -2.06. The topological polar surface area (TPSA) is 90.3 Å². The number of anilines is 1. The number of carbonyl (C=O) groups excluding carboxylic acids is 1. The summed E-state index contributed by atoms with van der Waals surface area (Å²) >= 11 is 0. The van der Waals surface area contributed by atoms with Crippen molar-refractivity contribution in [2.24, 2.45) is 11.7 Å². The molecule has 1 atom stereocenters. The van der Waals surface area contributed by atoms with E-state index in [1.807, 2.05) is 0 Å². The van der Waals surface area contributed by atoms with Crippen molar-refractivity contribution in [2.45, 2.75) is 25.9 Å². The lowest BCUT2D eigenvalue weighted by molar-refractivity contribution is -0.122. The molecule has 2 rings (SSSR count). The van der Waals surface area contributed by atoms with Crippen LogP contribution in [-0.2, 0) is 4.79 Å². The van der Waals surface area contributed by atoms with Crippen LogP contribution in [0.5, 0.6) is 0 Å². The van der Waals surface area contributed by atoms with Crippen molar-refractivity contribution in [1.82, 2.24) is 0 Å². The van der Waals surface area contributed by atoms with Crippen molar-refractivity contribution in [3.05, 3.63) is 29.3 Å². The van der Waals surface area contributed by atoms with E-state index in [1.54, 1.807) is 25.1 Å². The number of hydrogen-bond acceptors (Lipinski definition) is 4. The van der Waals surface area contributed by atoms with E-state index in [0.717, 1.165) is 11.3 Å². The maximum atomic E-state index is 11.2. The summed E-state index contributed by atoms with van der Waals surface area (Å²) in [6.07, 6.45) is 0.836. The second-order valence-corrected chi connectivity index (χ2v) is 5.23. The van der Waals surface area contributed by atoms with Gasteiger partial charge < -0.3 is 15.7 Å². The normalized spacial score (nSPS) is 17.6. The number of primary amides is 1. The Balaban J connectivity index is 2.24. The van der Waals surface area contributed by atoms with Gasteiger partial charge in [-0.1, -0.05) is 6.07 Å². The summed E-state index contributed by atoms with van der Waals surface area (Å²) in [5.41, 5.74) is 7.59. The number of hydrogen-bond donors (Lipinski definition) is 2. The lowest BCUT2D eigenvalue weighted by Crippen LogP contribution is -2.39. The summed E-state index contributed by atoms with van der Waals surface area (Å²) in [5.74, 6) is -0.313. The van der Waals surface area contributed by atoms with Crippen molar-refractivity contribution in [2.75, 3.05) is 18.0 Å². The first-order valence-electron chi connectivity index (χ1n) is 6.79. The van der Waals surface area contributed by atoms with Gasteiger partial charge in [0.05, 0.1) is 17.7 Å². The molecule has 1 unspecified atom stereocenters. The first-order chi connectivity index (χ1) is 9.52. The maximum Gasteiger partial charge on any atom is 0.220 e. The number of piperidine rings is 1. The quantitative estimate of drug-likeness (QED) is 0.868. The van der Waals surface area contributed by atoms with Gasteiger partial charge in [-0.2, -0.15) is 5.26 Å². The molecule has 0 saturated carbocycles. The van der Waals surface area contributed by atoms with Crippen LogP contribution in [-0.4, -0.2) is 24.1 Å². The first kappa shape index (κ1) is 14.4. The van der Waals surface area contributed by atoms with Crippen molar-refractivity contribution in [3.8, 4) is 6.07 Å². The van der Waals surface area contributed by atoms with Gasteiger partial charge in [0.15, 0.2) is 0 Å². The van der Waals surface area contributed by atoms with E-state index in [1.165, 1.54) is 0 Å². The van der Waals surface area contributed by atoms with Crippen LogP contribution in [0.2, 0.25) is 0 Å². The summed E-state index contributed by atoms with van der Waals surface area (Å²) in [6.45, 7) is 3.13. The number of nitrogens with zero attached hydrogens (tertiary/aromatic N) is 2. The second kappa shape index (κ2) is 5.93. The molecule has 5 nitrogen and oxygen atoms in total. The fourth-order valence-corrected chi connectivity index (χ4v) is 2.65. The van der Waals surface area contributed by atoms with Gasteiger partial charge in [-0.05, 0) is 31.9 Å². The second-order valence-electron chi connectivity index (χ2n) is 5.23. The number of nitrogens with two attached hydrogens (primary N) is 1. The van der Waals surface area contributed by atoms with Gasteiger partial charge in [0.2, 0.25) is 5.91 Å². The highest BCUT2D eigenvalue weighted by Gasteiger charge is 2.25. The Labute approximate surface area is 118 Å². The fraction of sp³-hybridized carbons (Fsp3) is 0.467. The molecule has 106 valence electrons. The lowest BCUT2D eigenvalue weighted by Gasteiger charge is -2.34. The molecule has 1 aliphatic heterocycles. The average Bonchev–Trinajstić information content (AvgIpc) is 2.46. The molecule has 1 fully saturated rings. The molecule has 1 saturated heterocycles. The number of nitriles is 1. The van der Waals surface area contributed by atoms with Crippen LogP contribution in [0.3, 0.4) is 0 Å². The SMILES string of the molecule is CC(O)c1ccc(C#N)cc1N1CCC(C(N)=O)CC1. The van der Waals surface area contributed by atoms with Crippen LogP contribution in [0.1, 0.15) is 37.0 Å². The zero-order valence-electron chi connectivity index (χ0n) is 11.5. The molecule has 3 N–H and O–H groups in total. The van der Waals surface area contributed by atoms with Gasteiger partial charge >= 0.3 is 0 Å². The molecule has 0 aromatic heterocycles. The van der Waals surface area contributed by atoms with Gasteiger partial charge in [0.25, 0.3) is 0 Å². The number of aliphatic hydroxyl groups is 1. The zero-order valence-corrected chi connectivity index (χ0v) is 11.5. The lowest BCUT2D eigenvalue weighted by atomic mass is 9.94. The number of benzene rings is 1. The molecule has 0 spiro atoms. The van der Waals surface area contributed by atoms with E-state index < -0.39 is 6.10 Å². The van der Waals surface area contributed by atoms with Crippen LogP contribution in [0.25, 0.3) is 0 Å². The van der Waals surface area contributed by atoms with E-state index in [-0.39, 0.29) is 11.8 Å². The van der Waals surface area contributed by atoms with E-state index in [4.69, 9.17) is 11.0 Å². The number of carbonyl (C=O) groups is 1. The highest BCUT2D eigenvalue weighted by Crippen LogP contribution is 2.30. The van der Waals surface area contributed by atoms with E-state index in [9.17, 15) is 9.90 Å². The highest BCUT2D eigenvalue weighted by atomic mass is 16.3. The highest BCUT2D eigenvalue weighted by molar-refractivity contribution is 5.77.